The second-order valence-corrected chi connectivity index (χ2v) is 5.85. The lowest BCUT2D eigenvalue weighted by Gasteiger charge is -2.34. The summed E-state index contributed by atoms with van der Waals surface area (Å²) in [7, 11) is 0. The van der Waals surface area contributed by atoms with Crippen molar-refractivity contribution >= 4 is 23.0 Å². The molecular formula is C14H16ClN5O2. The lowest BCUT2D eigenvalue weighted by Crippen LogP contribution is -2.35. The third kappa shape index (κ3) is 2.76. The van der Waals surface area contributed by atoms with Gasteiger partial charge < -0.3 is 4.90 Å². The summed E-state index contributed by atoms with van der Waals surface area (Å²) in [6, 6.07) is 3.59. The van der Waals surface area contributed by atoms with Gasteiger partial charge in [0.25, 0.3) is 5.69 Å². The normalized spacial score (nSPS) is 16.0. The van der Waals surface area contributed by atoms with E-state index in [0.29, 0.717) is 16.6 Å². The van der Waals surface area contributed by atoms with E-state index in [1.54, 1.807) is 25.6 Å². The zero-order chi connectivity index (χ0) is 15.7. The second-order valence-electron chi connectivity index (χ2n) is 5.44. The molecule has 2 aromatic rings. The van der Waals surface area contributed by atoms with Crippen LogP contribution in [0.15, 0.2) is 24.8 Å². The molecule has 0 amide bonds. The Balaban J connectivity index is 1.76. The first kappa shape index (κ1) is 14.8. The monoisotopic (exact) mass is 321 g/mol. The molecule has 1 saturated heterocycles. The van der Waals surface area contributed by atoms with E-state index in [1.165, 1.54) is 6.07 Å². The summed E-state index contributed by atoms with van der Waals surface area (Å²) in [5, 5.41) is 15.6. The number of piperidine rings is 1. The molecule has 1 aromatic heterocycles. The van der Waals surface area contributed by atoms with Crippen molar-refractivity contribution in [1.82, 2.24) is 14.8 Å². The molecule has 8 heteroatoms. The minimum Gasteiger partial charge on any atom is -0.370 e. The topological polar surface area (TPSA) is 77.1 Å². The van der Waals surface area contributed by atoms with Crippen molar-refractivity contribution in [3.63, 3.8) is 0 Å². The molecule has 0 unspecified atom stereocenters. The van der Waals surface area contributed by atoms with Crippen molar-refractivity contribution < 1.29 is 4.92 Å². The van der Waals surface area contributed by atoms with Crippen molar-refractivity contribution in [3.8, 4) is 0 Å². The summed E-state index contributed by atoms with van der Waals surface area (Å²) < 4.78 is 1.89. The zero-order valence-corrected chi connectivity index (χ0v) is 12.9. The number of aromatic nitrogens is 3. The summed E-state index contributed by atoms with van der Waals surface area (Å²) in [4.78, 5) is 16.7. The molecule has 116 valence electrons. The largest absolute Gasteiger partial charge is 0.370 e. The van der Waals surface area contributed by atoms with Crippen LogP contribution in [0.3, 0.4) is 0 Å². The summed E-state index contributed by atoms with van der Waals surface area (Å²) in [5.74, 6) is 0. The van der Waals surface area contributed by atoms with Gasteiger partial charge in [-0.2, -0.15) is 5.10 Å². The van der Waals surface area contributed by atoms with E-state index in [1.807, 2.05) is 4.68 Å². The Kier molecular flexibility index (Phi) is 3.98. The number of rotatable bonds is 3. The molecule has 3 rings (SSSR count). The molecule has 22 heavy (non-hydrogen) atoms. The molecule has 1 fully saturated rings. The van der Waals surface area contributed by atoms with Crippen LogP contribution in [0.4, 0.5) is 11.4 Å². The molecule has 0 atom stereocenters. The van der Waals surface area contributed by atoms with E-state index < -0.39 is 4.92 Å². The fourth-order valence-corrected chi connectivity index (χ4v) is 3.15. The third-order valence-electron chi connectivity index (χ3n) is 4.08. The molecular weight excluding hydrogens is 306 g/mol. The van der Waals surface area contributed by atoms with E-state index in [4.69, 9.17) is 11.6 Å². The van der Waals surface area contributed by atoms with Gasteiger partial charge in [-0.1, -0.05) is 11.6 Å². The number of halogens is 1. The van der Waals surface area contributed by atoms with Gasteiger partial charge in [-0.15, -0.1) is 0 Å². The van der Waals surface area contributed by atoms with Gasteiger partial charge in [0.1, 0.15) is 12.7 Å². The molecule has 0 saturated carbocycles. The minimum atomic E-state index is -0.401. The average molecular weight is 322 g/mol. The van der Waals surface area contributed by atoms with E-state index >= 15 is 0 Å². The fourth-order valence-electron chi connectivity index (χ4n) is 2.87. The number of nitrogens with zero attached hydrogens (tertiary/aromatic N) is 5. The smallest absolute Gasteiger partial charge is 0.273 e. The minimum absolute atomic E-state index is 0.0613. The van der Waals surface area contributed by atoms with Crippen LogP contribution in [-0.2, 0) is 0 Å². The van der Waals surface area contributed by atoms with Crippen LogP contribution in [0.1, 0.15) is 24.4 Å². The van der Waals surface area contributed by atoms with Crippen LogP contribution in [0.25, 0.3) is 0 Å². The van der Waals surface area contributed by atoms with Crippen LogP contribution >= 0.6 is 11.6 Å². The van der Waals surface area contributed by atoms with Crippen molar-refractivity contribution in [2.45, 2.75) is 25.8 Å². The van der Waals surface area contributed by atoms with E-state index in [9.17, 15) is 10.1 Å². The van der Waals surface area contributed by atoms with E-state index in [0.717, 1.165) is 31.6 Å². The van der Waals surface area contributed by atoms with Crippen LogP contribution < -0.4 is 4.90 Å². The first-order valence-electron chi connectivity index (χ1n) is 7.10. The van der Waals surface area contributed by atoms with Gasteiger partial charge in [-0.05, 0) is 25.8 Å². The Hall–Kier alpha value is -2.15. The summed E-state index contributed by atoms with van der Waals surface area (Å²) in [6.45, 7) is 3.41. The lowest BCUT2D eigenvalue weighted by atomic mass is 10.0. The van der Waals surface area contributed by atoms with Gasteiger partial charge in [0.2, 0.25) is 0 Å². The van der Waals surface area contributed by atoms with E-state index in [2.05, 4.69) is 15.0 Å². The van der Waals surface area contributed by atoms with Crippen LogP contribution in [0.5, 0.6) is 0 Å². The van der Waals surface area contributed by atoms with Crippen molar-refractivity contribution in [3.05, 3.63) is 45.5 Å². The maximum atomic E-state index is 11.0. The highest BCUT2D eigenvalue weighted by molar-refractivity contribution is 6.33. The zero-order valence-electron chi connectivity index (χ0n) is 12.1. The van der Waals surface area contributed by atoms with Crippen molar-refractivity contribution in [1.29, 1.82) is 0 Å². The molecule has 0 aliphatic carbocycles. The number of benzene rings is 1. The maximum absolute atomic E-state index is 11.0. The average Bonchev–Trinajstić information content (AvgIpc) is 3.03. The van der Waals surface area contributed by atoms with Gasteiger partial charge in [0.05, 0.1) is 21.7 Å². The Morgan fingerprint density at radius 3 is 2.68 bits per heavy atom. The molecule has 1 aliphatic rings. The lowest BCUT2D eigenvalue weighted by molar-refractivity contribution is -0.385. The summed E-state index contributed by atoms with van der Waals surface area (Å²) in [5.41, 5.74) is 1.55. The summed E-state index contributed by atoms with van der Waals surface area (Å²) in [6.07, 6.45) is 5.16. The first-order valence-corrected chi connectivity index (χ1v) is 7.47. The first-order chi connectivity index (χ1) is 10.6. The van der Waals surface area contributed by atoms with E-state index in [-0.39, 0.29) is 5.69 Å². The van der Waals surface area contributed by atoms with Gasteiger partial charge in [-0.25, -0.2) is 9.67 Å². The van der Waals surface area contributed by atoms with Gasteiger partial charge in [0.15, 0.2) is 0 Å². The molecule has 7 nitrogen and oxygen atoms in total. The Labute approximate surface area is 132 Å². The second kappa shape index (κ2) is 5.92. The van der Waals surface area contributed by atoms with Gasteiger partial charge in [-0.3, -0.25) is 10.1 Å². The highest BCUT2D eigenvalue weighted by atomic mass is 35.5. The predicted octanol–water partition coefficient (Wildman–Crippen LogP) is 2.99. The number of hydrogen-bond donors (Lipinski definition) is 0. The number of nitro groups is 1. The van der Waals surface area contributed by atoms with Crippen molar-refractivity contribution in [2.75, 3.05) is 18.0 Å². The quantitative estimate of drug-likeness (QED) is 0.641. The molecule has 0 bridgehead atoms. The highest BCUT2D eigenvalue weighted by Crippen LogP contribution is 2.35. The predicted molar refractivity (Wildman–Crippen MR) is 83.3 cm³/mol. The number of aryl methyl sites for hydroxylation is 1. The SMILES string of the molecule is Cc1cc(N2CCC(n3cncn3)CC2)c(Cl)cc1[N+](=O)[O-]. The van der Waals surface area contributed by atoms with Crippen LogP contribution in [0, 0.1) is 17.0 Å². The molecule has 1 aliphatic heterocycles. The Morgan fingerprint density at radius 1 is 1.36 bits per heavy atom. The highest BCUT2D eigenvalue weighted by Gasteiger charge is 2.24. The Morgan fingerprint density at radius 2 is 2.09 bits per heavy atom. The maximum Gasteiger partial charge on any atom is 0.273 e. The third-order valence-corrected chi connectivity index (χ3v) is 4.38. The molecule has 1 aromatic carbocycles. The molecule has 0 radical (unpaired) electrons. The van der Waals surface area contributed by atoms with Crippen LogP contribution in [-0.4, -0.2) is 32.8 Å². The van der Waals surface area contributed by atoms with Gasteiger partial charge in [0, 0.05) is 24.7 Å². The van der Waals surface area contributed by atoms with Crippen molar-refractivity contribution in [2.24, 2.45) is 0 Å². The Bertz CT molecular complexity index is 681. The fraction of sp³-hybridized carbons (Fsp3) is 0.429. The number of anilines is 1. The molecule has 2 heterocycles. The number of nitro benzene ring substituents is 1. The summed E-state index contributed by atoms with van der Waals surface area (Å²) >= 11 is 6.24. The van der Waals surface area contributed by atoms with Gasteiger partial charge >= 0.3 is 0 Å². The molecule has 0 N–H and O–H groups in total. The standard InChI is InChI=1S/C14H16ClN5O2/c1-10-6-14(12(15)7-13(10)20(21)22)18-4-2-11(3-5-18)19-9-16-8-17-19/h6-9,11H,2-5H2,1H3. The van der Waals surface area contributed by atoms with Crippen LogP contribution in [0.2, 0.25) is 5.02 Å². The number of hydrogen-bond acceptors (Lipinski definition) is 5. The molecule has 0 spiro atoms.